The molecule has 0 fully saturated rings. The molecule has 0 saturated carbocycles. The molecule has 1 aromatic carbocycles. The fourth-order valence-corrected chi connectivity index (χ4v) is 3.14. The van der Waals surface area contributed by atoms with Crippen LogP contribution in [0.4, 0.5) is 4.79 Å². The Morgan fingerprint density at radius 3 is 1.83 bits per heavy atom. The Balaban J connectivity index is 0.00000178. The maximum atomic E-state index is 8.56. The monoisotopic (exact) mass is 404 g/mol. The van der Waals surface area contributed by atoms with Crippen LogP contribution in [0.1, 0.15) is 90.0 Å². The third kappa shape index (κ3) is 16.4. The first kappa shape index (κ1) is 26.8. The highest BCUT2D eigenvalue weighted by Crippen LogP contribution is 2.24. The summed E-state index contributed by atoms with van der Waals surface area (Å²) >= 11 is 0. The number of ether oxygens (including phenoxy) is 1. The lowest BCUT2D eigenvalue weighted by atomic mass is 9.98. The minimum atomic E-state index is -1.83. The van der Waals surface area contributed by atoms with Gasteiger partial charge in [0, 0.05) is 0 Å². The molecule has 0 amide bonds. The summed E-state index contributed by atoms with van der Waals surface area (Å²) in [5.74, 6) is 0.924. The van der Waals surface area contributed by atoms with E-state index in [4.69, 9.17) is 19.7 Å². The molecule has 0 bridgehead atoms. The van der Waals surface area contributed by atoms with E-state index in [0.29, 0.717) is 0 Å². The van der Waals surface area contributed by atoms with Gasteiger partial charge in [-0.1, -0.05) is 95.1 Å². The van der Waals surface area contributed by atoms with Crippen molar-refractivity contribution >= 4 is 11.7 Å². The zero-order valence-electron chi connectivity index (χ0n) is 18.5. The number of hydrogen-bond acceptors (Lipinski definition) is 2. The second-order valence-corrected chi connectivity index (χ2v) is 7.16. The number of benzene rings is 1. The summed E-state index contributed by atoms with van der Waals surface area (Å²) in [5, 5.41) is 13.9. The maximum absolute atomic E-state index is 8.56. The van der Waals surface area contributed by atoms with E-state index in [2.05, 4.69) is 56.3 Å². The summed E-state index contributed by atoms with van der Waals surface area (Å²) in [4.78, 5) is 8.56. The van der Waals surface area contributed by atoms with Gasteiger partial charge in [-0.05, 0) is 43.0 Å². The summed E-state index contributed by atoms with van der Waals surface area (Å²) < 4.78 is 5.26. The second-order valence-electron chi connectivity index (χ2n) is 7.16. The summed E-state index contributed by atoms with van der Waals surface area (Å²) in [6, 6.07) is 8.45. The summed E-state index contributed by atoms with van der Waals surface area (Å²) in [7, 11) is 1.72. The van der Waals surface area contributed by atoms with E-state index < -0.39 is 6.16 Å². The van der Waals surface area contributed by atoms with E-state index in [0.717, 1.165) is 12.2 Å². The van der Waals surface area contributed by atoms with Gasteiger partial charge < -0.3 is 14.9 Å². The molecular formula is C25H40O4. The highest BCUT2D eigenvalue weighted by Gasteiger charge is 2.02. The van der Waals surface area contributed by atoms with Crippen LogP contribution in [0.3, 0.4) is 0 Å². The topological polar surface area (TPSA) is 66.8 Å². The van der Waals surface area contributed by atoms with Gasteiger partial charge in [-0.3, -0.25) is 0 Å². The first-order valence-electron chi connectivity index (χ1n) is 10.9. The van der Waals surface area contributed by atoms with E-state index >= 15 is 0 Å². The van der Waals surface area contributed by atoms with Crippen LogP contribution >= 0.6 is 0 Å². The fraction of sp³-hybridized carbons (Fsp3) is 0.560. The molecule has 0 unspecified atom stereocenters. The van der Waals surface area contributed by atoms with Crippen LogP contribution in [0, 0.1) is 0 Å². The van der Waals surface area contributed by atoms with Crippen molar-refractivity contribution in [2.45, 2.75) is 84.5 Å². The minimum absolute atomic E-state index is 0.924. The average Bonchev–Trinajstić information content (AvgIpc) is 2.71. The smallest absolute Gasteiger partial charge is 0.497 e. The average molecular weight is 405 g/mol. The Labute approximate surface area is 177 Å². The zero-order valence-corrected chi connectivity index (χ0v) is 18.5. The Morgan fingerprint density at radius 2 is 1.38 bits per heavy atom. The van der Waals surface area contributed by atoms with Crippen molar-refractivity contribution in [3.63, 3.8) is 0 Å². The lowest BCUT2D eigenvalue weighted by Crippen LogP contribution is -1.88. The molecule has 4 nitrogen and oxygen atoms in total. The van der Waals surface area contributed by atoms with Crippen molar-refractivity contribution < 1.29 is 19.7 Å². The van der Waals surface area contributed by atoms with Crippen LogP contribution in [-0.4, -0.2) is 23.5 Å². The number of carbonyl (C=O) groups is 1. The number of rotatable bonds is 14. The van der Waals surface area contributed by atoms with Gasteiger partial charge in [0.05, 0.1) is 7.11 Å². The van der Waals surface area contributed by atoms with Crippen LogP contribution in [-0.2, 0) is 0 Å². The largest absolute Gasteiger partial charge is 0.503 e. The van der Waals surface area contributed by atoms with E-state index in [1.54, 1.807) is 7.11 Å². The molecule has 0 aliphatic heterocycles. The highest BCUT2D eigenvalue weighted by molar-refractivity contribution is 5.67. The molecule has 1 aromatic rings. The minimum Gasteiger partial charge on any atom is -0.497 e. The highest BCUT2D eigenvalue weighted by atomic mass is 16.6. The predicted octanol–water partition coefficient (Wildman–Crippen LogP) is 8.19. The van der Waals surface area contributed by atoms with Crippen LogP contribution in [0.5, 0.6) is 5.75 Å². The lowest BCUT2D eigenvalue weighted by Gasteiger charge is -2.09. The molecule has 1 rings (SSSR count). The van der Waals surface area contributed by atoms with Gasteiger partial charge in [-0.15, -0.1) is 0 Å². The molecule has 0 atom stereocenters. The van der Waals surface area contributed by atoms with Gasteiger partial charge in [0.15, 0.2) is 0 Å². The Kier molecular flexibility index (Phi) is 17.6. The van der Waals surface area contributed by atoms with Crippen molar-refractivity contribution in [2.75, 3.05) is 7.11 Å². The van der Waals surface area contributed by atoms with Gasteiger partial charge in [0.2, 0.25) is 0 Å². The van der Waals surface area contributed by atoms with Crippen molar-refractivity contribution in [1.29, 1.82) is 0 Å². The Bertz CT molecular complexity index is 569. The molecule has 0 aliphatic rings. The zero-order chi connectivity index (χ0) is 21.7. The summed E-state index contributed by atoms with van der Waals surface area (Å²) in [6.45, 7) is 4.35. The summed E-state index contributed by atoms with van der Waals surface area (Å²) in [5.41, 5.74) is 2.75. The van der Waals surface area contributed by atoms with Gasteiger partial charge in [0.25, 0.3) is 0 Å². The van der Waals surface area contributed by atoms with Crippen molar-refractivity contribution in [1.82, 2.24) is 0 Å². The number of methoxy groups -OCH3 is 1. The third-order valence-electron chi connectivity index (χ3n) is 4.75. The number of unbranched alkanes of at least 4 members (excludes halogenated alkanes) is 9. The molecule has 0 spiro atoms. The predicted molar refractivity (Wildman–Crippen MR) is 123 cm³/mol. The normalized spacial score (nSPS) is 11.2. The second kappa shape index (κ2) is 19.1. The van der Waals surface area contributed by atoms with Crippen LogP contribution in [0.25, 0.3) is 5.57 Å². The van der Waals surface area contributed by atoms with Crippen LogP contribution in [0.15, 0.2) is 42.5 Å². The first-order chi connectivity index (χ1) is 14.0. The summed E-state index contributed by atoms with van der Waals surface area (Å²) in [6.07, 6.45) is 19.7. The molecule has 164 valence electrons. The Hall–Kier alpha value is -2.23. The molecular weight excluding hydrogens is 364 g/mol. The molecule has 0 aliphatic carbocycles. The van der Waals surface area contributed by atoms with E-state index in [1.807, 2.05) is 0 Å². The third-order valence-corrected chi connectivity index (χ3v) is 4.75. The lowest BCUT2D eigenvalue weighted by molar-refractivity contribution is 0.137. The van der Waals surface area contributed by atoms with Gasteiger partial charge in [0.1, 0.15) is 5.75 Å². The van der Waals surface area contributed by atoms with E-state index in [9.17, 15) is 0 Å². The first-order valence-corrected chi connectivity index (χ1v) is 10.9. The number of carboxylic acid groups (broad SMARTS) is 2. The molecule has 2 N–H and O–H groups in total. The Morgan fingerprint density at radius 1 is 0.897 bits per heavy atom. The molecule has 0 aromatic heterocycles. The molecule has 29 heavy (non-hydrogen) atoms. The molecule has 0 heterocycles. The van der Waals surface area contributed by atoms with Gasteiger partial charge in [-0.25, -0.2) is 4.79 Å². The van der Waals surface area contributed by atoms with Crippen LogP contribution < -0.4 is 4.74 Å². The molecule has 0 radical (unpaired) electrons. The van der Waals surface area contributed by atoms with Crippen molar-refractivity contribution in [3.8, 4) is 5.75 Å². The number of allylic oxidation sites excluding steroid dienone is 4. The van der Waals surface area contributed by atoms with E-state index in [-0.39, 0.29) is 0 Å². The standard InChI is InChI=1S/C24H38O.CH2O3/c1-4-6-8-9-10-11-12-13-14-15-17-22(16-7-5-2)23-18-20-24(25-3)21-19-23;2-1(3)4/h5,7,16,18-21H,4,6,8-15,17H2,1-3H3;(H2,2,3,4)/b7-5+,22-16+;. The van der Waals surface area contributed by atoms with E-state index in [1.165, 1.54) is 75.3 Å². The maximum Gasteiger partial charge on any atom is 0.503 e. The molecule has 0 saturated heterocycles. The quantitative estimate of drug-likeness (QED) is 0.242. The van der Waals surface area contributed by atoms with Gasteiger partial charge >= 0.3 is 6.16 Å². The van der Waals surface area contributed by atoms with Crippen molar-refractivity contribution in [3.05, 3.63) is 48.1 Å². The molecule has 4 heteroatoms. The fourth-order valence-electron chi connectivity index (χ4n) is 3.14. The van der Waals surface area contributed by atoms with Gasteiger partial charge in [-0.2, -0.15) is 0 Å². The number of hydrogen-bond donors (Lipinski definition) is 2. The van der Waals surface area contributed by atoms with Crippen molar-refractivity contribution in [2.24, 2.45) is 0 Å². The SMILES string of the molecule is C/C=C/C=C(\CCCCCCCCCCCC)c1ccc(OC)cc1.O=C(O)O. The van der Waals surface area contributed by atoms with Crippen LogP contribution in [0.2, 0.25) is 0 Å².